The second-order valence-electron chi connectivity index (χ2n) is 5.35. The molecule has 0 saturated carbocycles. The van der Waals surface area contributed by atoms with E-state index in [2.05, 4.69) is 15.3 Å². The minimum absolute atomic E-state index is 0.152. The summed E-state index contributed by atoms with van der Waals surface area (Å²) in [6.45, 7) is 0.289. The number of hydrogen-bond acceptors (Lipinski definition) is 3. The van der Waals surface area contributed by atoms with Gasteiger partial charge in [-0.15, -0.1) is 0 Å². The van der Waals surface area contributed by atoms with Gasteiger partial charge in [-0.05, 0) is 35.9 Å². The number of fused-ring (bicyclic) bond motifs is 1. The lowest BCUT2D eigenvalue weighted by atomic mass is 10.1. The van der Waals surface area contributed by atoms with E-state index in [0.717, 1.165) is 5.56 Å². The van der Waals surface area contributed by atoms with Crippen molar-refractivity contribution in [2.75, 3.05) is 7.11 Å². The largest absolute Gasteiger partial charge is 0.497 e. The van der Waals surface area contributed by atoms with Gasteiger partial charge >= 0.3 is 6.18 Å². The van der Waals surface area contributed by atoms with E-state index in [-0.39, 0.29) is 29.0 Å². The summed E-state index contributed by atoms with van der Waals surface area (Å²) in [6, 6.07) is 11.3. The summed E-state index contributed by atoms with van der Waals surface area (Å²) >= 11 is 0. The van der Waals surface area contributed by atoms with Crippen LogP contribution in [0.3, 0.4) is 0 Å². The Morgan fingerprint density at radius 2 is 1.92 bits per heavy atom. The molecule has 0 fully saturated rings. The molecule has 5 nitrogen and oxygen atoms in total. The molecule has 0 spiro atoms. The zero-order valence-electron chi connectivity index (χ0n) is 13.1. The van der Waals surface area contributed by atoms with Crippen LogP contribution < -0.4 is 10.1 Å². The fourth-order valence-electron chi connectivity index (χ4n) is 2.31. The summed E-state index contributed by atoms with van der Waals surface area (Å²) in [5, 5.41) is 2.72. The van der Waals surface area contributed by atoms with Crippen molar-refractivity contribution in [1.82, 2.24) is 15.3 Å². The lowest BCUT2D eigenvalue weighted by molar-refractivity contribution is -0.144. The number of hydrogen-bond donors (Lipinski definition) is 2. The monoisotopic (exact) mass is 349 g/mol. The van der Waals surface area contributed by atoms with E-state index < -0.39 is 12.0 Å². The summed E-state index contributed by atoms with van der Waals surface area (Å²) in [5.74, 6) is -0.764. The Morgan fingerprint density at radius 1 is 1.20 bits per heavy atom. The number of imidazole rings is 1. The Bertz CT molecular complexity index is 902. The van der Waals surface area contributed by atoms with E-state index in [0.29, 0.717) is 5.75 Å². The predicted octanol–water partition coefficient (Wildman–Crippen LogP) is 3.52. The summed E-state index contributed by atoms with van der Waals surface area (Å²) in [5.41, 5.74) is 1.43. The van der Waals surface area contributed by atoms with E-state index in [1.165, 1.54) is 18.2 Å². The lowest BCUT2D eigenvalue weighted by Crippen LogP contribution is -2.22. The highest BCUT2D eigenvalue weighted by molar-refractivity contribution is 5.97. The van der Waals surface area contributed by atoms with Crippen LogP contribution in [0.25, 0.3) is 11.0 Å². The predicted molar refractivity (Wildman–Crippen MR) is 85.3 cm³/mol. The van der Waals surface area contributed by atoms with Crippen LogP contribution in [0, 0.1) is 0 Å². The third kappa shape index (κ3) is 3.73. The lowest BCUT2D eigenvalue weighted by Gasteiger charge is -2.06. The highest BCUT2D eigenvalue weighted by Gasteiger charge is 2.34. The molecule has 130 valence electrons. The van der Waals surface area contributed by atoms with Crippen molar-refractivity contribution in [3.8, 4) is 5.75 Å². The van der Waals surface area contributed by atoms with Crippen LogP contribution in [-0.2, 0) is 12.7 Å². The van der Waals surface area contributed by atoms with E-state index in [9.17, 15) is 18.0 Å². The molecule has 1 heterocycles. The SMILES string of the molecule is COc1ccc(CNC(=O)c2ccc3nc(C(F)(F)F)[nH]c3c2)cc1. The molecule has 25 heavy (non-hydrogen) atoms. The first kappa shape index (κ1) is 16.8. The molecule has 2 N–H and O–H groups in total. The van der Waals surface area contributed by atoms with Crippen LogP contribution in [0.4, 0.5) is 13.2 Å². The van der Waals surface area contributed by atoms with Crippen molar-refractivity contribution < 1.29 is 22.7 Å². The van der Waals surface area contributed by atoms with E-state index in [4.69, 9.17) is 4.74 Å². The fourth-order valence-corrected chi connectivity index (χ4v) is 2.31. The topological polar surface area (TPSA) is 67.0 Å². The van der Waals surface area contributed by atoms with E-state index in [1.54, 1.807) is 19.2 Å². The standard InChI is InChI=1S/C17H14F3N3O2/c1-25-12-5-2-10(3-6-12)9-21-15(24)11-4-7-13-14(8-11)23-16(22-13)17(18,19)20/h2-8H,9H2,1H3,(H,21,24)(H,22,23). The molecule has 1 aromatic heterocycles. The van der Waals surface area contributed by atoms with Crippen molar-refractivity contribution in [2.24, 2.45) is 0 Å². The van der Waals surface area contributed by atoms with Gasteiger partial charge in [0, 0.05) is 12.1 Å². The van der Waals surface area contributed by atoms with Crippen molar-refractivity contribution in [3.63, 3.8) is 0 Å². The number of methoxy groups -OCH3 is 1. The van der Waals surface area contributed by atoms with Crippen LogP contribution in [0.5, 0.6) is 5.75 Å². The van der Waals surface area contributed by atoms with Gasteiger partial charge in [0.2, 0.25) is 5.82 Å². The molecule has 8 heteroatoms. The Kier molecular flexibility index (Phi) is 4.35. The third-order valence-corrected chi connectivity index (χ3v) is 3.62. The average molecular weight is 349 g/mol. The maximum atomic E-state index is 12.7. The summed E-state index contributed by atoms with van der Waals surface area (Å²) in [7, 11) is 1.56. The number of carbonyl (C=O) groups is 1. The summed E-state index contributed by atoms with van der Waals surface area (Å²) < 4.78 is 43.1. The number of benzene rings is 2. The van der Waals surface area contributed by atoms with Gasteiger partial charge in [0.25, 0.3) is 5.91 Å². The number of aromatic amines is 1. The second-order valence-corrected chi connectivity index (χ2v) is 5.35. The molecule has 0 aliphatic carbocycles. The fraction of sp³-hybridized carbons (Fsp3) is 0.176. The Hall–Kier alpha value is -3.03. The van der Waals surface area contributed by atoms with Crippen LogP contribution >= 0.6 is 0 Å². The highest BCUT2D eigenvalue weighted by Crippen LogP contribution is 2.28. The molecule has 0 bridgehead atoms. The average Bonchev–Trinajstić information content (AvgIpc) is 3.03. The third-order valence-electron chi connectivity index (χ3n) is 3.62. The van der Waals surface area contributed by atoms with Gasteiger partial charge in [-0.25, -0.2) is 4.98 Å². The molecular weight excluding hydrogens is 335 g/mol. The summed E-state index contributed by atoms with van der Waals surface area (Å²) in [6.07, 6.45) is -4.56. The molecule has 3 aromatic rings. The van der Waals surface area contributed by atoms with Crippen LogP contribution in [0.1, 0.15) is 21.7 Å². The number of amides is 1. The quantitative estimate of drug-likeness (QED) is 0.757. The molecule has 0 radical (unpaired) electrons. The van der Waals surface area contributed by atoms with Crippen LogP contribution in [0.2, 0.25) is 0 Å². The van der Waals surface area contributed by atoms with Crippen LogP contribution in [0.15, 0.2) is 42.5 Å². The van der Waals surface area contributed by atoms with Crippen molar-refractivity contribution in [3.05, 3.63) is 59.4 Å². The molecule has 3 rings (SSSR count). The Labute approximate surface area is 140 Å². The maximum absolute atomic E-state index is 12.7. The number of ether oxygens (including phenoxy) is 1. The number of aromatic nitrogens is 2. The van der Waals surface area contributed by atoms with Gasteiger partial charge in [-0.1, -0.05) is 12.1 Å². The Balaban J connectivity index is 1.72. The van der Waals surface area contributed by atoms with E-state index in [1.807, 2.05) is 12.1 Å². The minimum atomic E-state index is -4.56. The van der Waals surface area contributed by atoms with Gasteiger partial charge in [-0.3, -0.25) is 4.79 Å². The molecule has 0 aliphatic heterocycles. The first-order valence-corrected chi connectivity index (χ1v) is 7.35. The van der Waals surface area contributed by atoms with Crippen LogP contribution in [-0.4, -0.2) is 23.0 Å². The second kappa shape index (κ2) is 6.46. The van der Waals surface area contributed by atoms with Gasteiger partial charge in [0.05, 0.1) is 18.1 Å². The van der Waals surface area contributed by atoms with Crippen molar-refractivity contribution in [2.45, 2.75) is 12.7 Å². The molecule has 0 aliphatic rings. The zero-order chi connectivity index (χ0) is 18.0. The maximum Gasteiger partial charge on any atom is 0.449 e. The smallest absolute Gasteiger partial charge is 0.449 e. The number of nitrogens with one attached hydrogen (secondary N) is 2. The number of nitrogens with zero attached hydrogens (tertiary/aromatic N) is 1. The van der Waals surface area contributed by atoms with Gasteiger partial charge in [0.1, 0.15) is 5.75 Å². The Morgan fingerprint density at radius 3 is 2.56 bits per heavy atom. The summed E-state index contributed by atoms with van der Waals surface area (Å²) in [4.78, 5) is 17.9. The molecule has 0 atom stereocenters. The van der Waals surface area contributed by atoms with Gasteiger partial charge in [-0.2, -0.15) is 13.2 Å². The van der Waals surface area contributed by atoms with Crippen molar-refractivity contribution in [1.29, 1.82) is 0 Å². The zero-order valence-corrected chi connectivity index (χ0v) is 13.1. The highest BCUT2D eigenvalue weighted by atomic mass is 19.4. The number of rotatable bonds is 4. The molecular formula is C17H14F3N3O2. The molecule has 2 aromatic carbocycles. The number of carbonyl (C=O) groups excluding carboxylic acids is 1. The first-order chi connectivity index (χ1) is 11.9. The number of halogens is 3. The minimum Gasteiger partial charge on any atom is -0.497 e. The van der Waals surface area contributed by atoms with E-state index >= 15 is 0 Å². The van der Waals surface area contributed by atoms with Gasteiger partial charge in [0.15, 0.2) is 0 Å². The first-order valence-electron chi connectivity index (χ1n) is 7.35. The molecule has 0 unspecified atom stereocenters. The van der Waals surface area contributed by atoms with Gasteiger partial charge < -0.3 is 15.0 Å². The molecule has 0 saturated heterocycles. The number of H-pyrrole nitrogens is 1. The molecule has 1 amide bonds. The normalized spacial score (nSPS) is 11.5. The van der Waals surface area contributed by atoms with Crippen molar-refractivity contribution >= 4 is 16.9 Å². The number of alkyl halides is 3.